The van der Waals surface area contributed by atoms with Crippen molar-refractivity contribution < 1.29 is 9.84 Å². The highest BCUT2D eigenvalue weighted by Crippen LogP contribution is 2.11. The van der Waals surface area contributed by atoms with Crippen LogP contribution in [0.5, 0.6) is 0 Å². The van der Waals surface area contributed by atoms with Gasteiger partial charge in [0.2, 0.25) is 0 Å². The molecule has 0 saturated heterocycles. The summed E-state index contributed by atoms with van der Waals surface area (Å²) in [5, 5.41) is 12.2. The minimum Gasteiger partial charge on any atom is -0.392 e. The maximum Gasteiger partial charge on any atom is 0.131 e. The first kappa shape index (κ1) is 16.9. The second-order valence-electron chi connectivity index (χ2n) is 6.66. The zero-order valence-corrected chi connectivity index (χ0v) is 14.5. The number of anilines is 1. The van der Waals surface area contributed by atoms with E-state index in [1.807, 2.05) is 24.3 Å². The molecule has 1 aliphatic rings. The molecule has 0 aromatic carbocycles. The van der Waals surface area contributed by atoms with E-state index in [1.54, 1.807) is 6.20 Å². The molecule has 0 spiro atoms. The molecule has 2 heterocycles. The largest absolute Gasteiger partial charge is 0.392 e. The lowest BCUT2D eigenvalue weighted by Crippen LogP contribution is -2.22. The molecule has 1 aromatic rings. The van der Waals surface area contributed by atoms with Gasteiger partial charge in [-0.05, 0) is 23.7 Å². The summed E-state index contributed by atoms with van der Waals surface area (Å²) in [7, 11) is -1.02. The van der Waals surface area contributed by atoms with Gasteiger partial charge in [-0.25, -0.2) is 4.98 Å². The van der Waals surface area contributed by atoms with E-state index in [0.29, 0.717) is 6.61 Å². The van der Waals surface area contributed by atoms with Gasteiger partial charge in [0.05, 0.1) is 19.3 Å². The van der Waals surface area contributed by atoms with Crippen LogP contribution in [-0.2, 0) is 11.3 Å². The second-order valence-corrected chi connectivity index (χ2v) is 12.3. The predicted molar refractivity (Wildman–Crippen MR) is 93.1 cm³/mol. The summed E-state index contributed by atoms with van der Waals surface area (Å²) < 4.78 is 5.73. The topological polar surface area (TPSA) is 66.7 Å². The Labute approximate surface area is 133 Å². The molecule has 1 atom stereocenters. The third-order valence-electron chi connectivity index (χ3n) is 3.33. The molecule has 6 heteroatoms. The van der Waals surface area contributed by atoms with Crippen LogP contribution in [0.1, 0.15) is 5.56 Å². The fourth-order valence-corrected chi connectivity index (χ4v) is 2.70. The Kier molecular flexibility index (Phi) is 5.88. The van der Waals surface area contributed by atoms with Gasteiger partial charge >= 0.3 is 0 Å². The van der Waals surface area contributed by atoms with Crippen molar-refractivity contribution >= 4 is 19.7 Å². The molecule has 2 rings (SSSR count). The second kappa shape index (κ2) is 7.67. The number of aliphatic hydroxyl groups is 1. The predicted octanol–water partition coefficient (Wildman–Crippen LogP) is 2.68. The SMILES string of the molecule is C[Si](C)(C)CCOCC1C=CC(Nc2ccc(CO)cn2)=N1. The van der Waals surface area contributed by atoms with Crippen LogP contribution in [0.25, 0.3) is 0 Å². The number of nitrogens with one attached hydrogen (secondary N) is 1. The van der Waals surface area contributed by atoms with Gasteiger partial charge in [0, 0.05) is 20.9 Å². The first-order valence-electron chi connectivity index (χ1n) is 7.63. The Bertz CT molecular complexity index is 535. The molecule has 0 bridgehead atoms. The molecule has 1 unspecified atom stereocenters. The number of hydrogen-bond donors (Lipinski definition) is 2. The van der Waals surface area contributed by atoms with Gasteiger partial charge < -0.3 is 15.2 Å². The Morgan fingerprint density at radius 1 is 1.32 bits per heavy atom. The molecule has 5 nitrogen and oxygen atoms in total. The van der Waals surface area contributed by atoms with Crippen molar-refractivity contribution in [2.45, 2.75) is 38.3 Å². The molecule has 0 radical (unpaired) electrons. The van der Waals surface area contributed by atoms with Gasteiger partial charge in [-0.1, -0.05) is 31.8 Å². The van der Waals surface area contributed by atoms with Crippen molar-refractivity contribution in [3.05, 3.63) is 36.0 Å². The number of aliphatic imine (C=N–C) groups is 1. The number of amidine groups is 1. The average Bonchev–Trinajstić information content (AvgIpc) is 2.91. The maximum atomic E-state index is 8.99. The van der Waals surface area contributed by atoms with Crippen molar-refractivity contribution in [3.63, 3.8) is 0 Å². The van der Waals surface area contributed by atoms with E-state index in [9.17, 15) is 0 Å². The summed E-state index contributed by atoms with van der Waals surface area (Å²) >= 11 is 0. The zero-order chi connectivity index (χ0) is 16.0. The molecular weight excluding hydrogens is 294 g/mol. The molecule has 0 fully saturated rings. The van der Waals surface area contributed by atoms with Crippen molar-refractivity contribution in [1.82, 2.24) is 4.98 Å². The van der Waals surface area contributed by atoms with Crippen LogP contribution in [0.2, 0.25) is 25.7 Å². The molecule has 0 aliphatic carbocycles. The normalized spacial score (nSPS) is 17.6. The zero-order valence-electron chi connectivity index (χ0n) is 13.5. The Hall–Kier alpha value is -1.50. The average molecular weight is 319 g/mol. The highest BCUT2D eigenvalue weighted by atomic mass is 28.3. The van der Waals surface area contributed by atoms with E-state index in [0.717, 1.165) is 23.8 Å². The number of ether oxygens (including phenoxy) is 1. The number of rotatable bonds is 7. The van der Waals surface area contributed by atoms with Crippen LogP contribution >= 0.6 is 0 Å². The van der Waals surface area contributed by atoms with Crippen molar-refractivity contribution in [1.29, 1.82) is 0 Å². The lowest BCUT2D eigenvalue weighted by Gasteiger charge is -2.15. The molecule has 0 amide bonds. The molecule has 1 aliphatic heterocycles. The summed E-state index contributed by atoms with van der Waals surface area (Å²) in [5.74, 6) is 1.52. The number of nitrogens with zero attached hydrogens (tertiary/aromatic N) is 2. The minimum absolute atomic E-state index is 0.00493. The highest BCUT2D eigenvalue weighted by molar-refractivity contribution is 6.76. The van der Waals surface area contributed by atoms with Crippen molar-refractivity contribution in [2.24, 2.45) is 4.99 Å². The van der Waals surface area contributed by atoms with E-state index in [1.165, 1.54) is 6.04 Å². The van der Waals surface area contributed by atoms with Crippen molar-refractivity contribution in [3.8, 4) is 0 Å². The van der Waals surface area contributed by atoms with Crippen LogP contribution < -0.4 is 5.32 Å². The number of aliphatic hydroxyl groups excluding tert-OH is 1. The van der Waals surface area contributed by atoms with E-state index in [2.05, 4.69) is 34.9 Å². The summed E-state index contributed by atoms with van der Waals surface area (Å²) in [6, 6.07) is 4.94. The monoisotopic (exact) mass is 319 g/mol. The van der Waals surface area contributed by atoms with Gasteiger partial charge in [0.15, 0.2) is 0 Å². The van der Waals surface area contributed by atoms with Crippen LogP contribution in [0.15, 0.2) is 35.5 Å². The molecule has 22 heavy (non-hydrogen) atoms. The quantitative estimate of drug-likeness (QED) is 0.599. The first-order valence-corrected chi connectivity index (χ1v) is 11.3. The fourth-order valence-electron chi connectivity index (χ4n) is 1.94. The van der Waals surface area contributed by atoms with Gasteiger partial charge in [0.25, 0.3) is 0 Å². The van der Waals surface area contributed by atoms with Crippen LogP contribution in [-0.4, -0.2) is 43.3 Å². The summed E-state index contributed by atoms with van der Waals surface area (Å²) in [4.78, 5) is 8.78. The lowest BCUT2D eigenvalue weighted by atomic mass is 10.3. The summed E-state index contributed by atoms with van der Waals surface area (Å²) in [6.45, 7) is 8.50. The van der Waals surface area contributed by atoms with Gasteiger partial charge in [0.1, 0.15) is 11.7 Å². The van der Waals surface area contributed by atoms with E-state index < -0.39 is 8.07 Å². The molecule has 0 saturated carbocycles. The van der Waals surface area contributed by atoms with Crippen LogP contribution in [0.4, 0.5) is 5.82 Å². The van der Waals surface area contributed by atoms with E-state index in [4.69, 9.17) is 9.84 Å². The lowest BCUT2D eigenvalue weighted by molar-refractivity contribution is 0.143. The molecule has 1 aromatic heterocycles. The van der Waals surface area contributed by atoms with Gasteiger partial charge in [-0.2, -0.15) is 0 Å². The van der Waals surface area contributed by atoms with Gasteiger partial charge in [-0.3, -0.25) is 4.99 Å². The Morgan fingerprint density at radius 2 is 2.14 bits per heavy atom. The standard InChI is InChI=1S/C16H25N3O2Si/c1-22(2,3)9-8-21-12-14-5-7-16(18-14)19-15-6-4-13(11-20)10-17-15/h4-7,10,14,20H,8-9,11-12H2,1-3H3,(H,17,18,19). The fraction of sp³-hybridized carbons (Fsp3) is 0.500. The summed E-state index contributed by atoms with van der Waals surface area (Å²) in [5.41, 5.74) is 0.795. The maximum absolute atomic E-state index is 8.99. The Morgan fingerprint density at radius 3 is 2.77 bits per heavy atom. The van der Waals surface area contributed by atoms with Crippen LogP contribution in [0, 0.1) is 0 Å². The Balaban J connectivity index is 1.76. The first-order chi connectivity index (χ1) is 10.5. The third-order valence-corrected chi connectivity index (χ3v) is 5.03. The molecule has 2 N–H and O–H groups in total. The number of hydrogen-bond acceptors (Lipinski definition) is 5. The third kappa shape index (κ3) is 5.71. The van der Waals surface area contributed by atoms with Gasteiger partial charge in [-0.15, -0.1) is 0 Å². The minimum atomic E-state index is -1.02. The van der Waals surface area contributed by atoms with Crippen LogP contribution in [0.3, 0.4) is 0 Å². The van der Waals surface area contributed by atoms with Crippen molar-refractivity contribution in [2.75, 3.05) is 18.5 Å². The number of pyridine rings is 1. The highest BCUT2D eigenvalue weighted by Gasteiger charge is 2.14. The smallest absolute Gasteiger partial charge is 0.131 e. The van der Waals surface area contributed by atoms with E-state index >= 15 is 0 Å². The number of aromatic nitrogens is 1. The molecule has 120 valence electrons. The van der Waals surface area contributed by atoms with E-state index in [-0.39, 0.29) is 12.6 Å². The molecular formula is C16H25N3O2Si. The summed E-state index contributed by atoms with van der Waals surface area (Å²) in [6.07, 6.45) is 5.64.